The van der Waals surface area contributed by atoms with E-state index in [1.54, 1.807) is 0 Å². The average Bonchev–Trinajstić information content (AvgIpc) is 3.90. The van der Waals surface area contributed by atoms with Gasteiger partial charge in [-0.1, -0.05) is 196 Å². The Bertz CT molecular complexity index is 1900. The molecular weight excluding hydrogens is 707 g/mol. The minimum absolute atomic E-state index is 0.129. The van der Waals surface area contributed by atoms with Crippen LogP contribution in [0.2, 0.25) is 0 Å². The normalized spacial score (nSPS) is 14.3. The highest BCUT2D eigenvalue weighted by atomic mass is 16.3. The summed E-state index contributed by atoms with van der Waals surface area (Å²) in [5.41, 5.74) is 10.2. The van der Waals surface area contributed by atoms with Crippen molar-refractivity contribution in [2.24, 2.45) is 5.10 Å². The molecule has 2 heterocycles. The number of allylic oxidation sites excluding steroid dienone is 1. The number of hydrogen-bond donors (Lipinski definition) is 0. The van der Waals surface area contributed by atoms with Crippen LogP contribution >= 0.6 is 0 Å². The van der Waals surface area contributed by atoms with E-state index in [0.29, 0.717) is 5.89 Å². The van der Waals surface area contributed by atoms with Gasteiger partial charge in [0.2, 0.25) is 5.89 Å². The van der Waals surface area contributed by atoms with E-state index in [1.807, 2.05) is 24.3 Å². The molecule has 0 bridgehead atoms. The SMILES string of the molecule is CCCCCCCCCCCCc1ccc(C=CC2=NN(c3ccc(-c4nc5ccccc5o4)cc3)C(c3ccc(CCCCCCCCCCCC)cc3)C2)cc1. The summed E-state index contributed by atoms with van der Waals surface area (Å²) in [5, 5.41) is 7.44. The van der Waals surface area contributed by atoms with Gasteiger partial charge in [-0.05, 0) is 90.4 Å². The number of fused-ring (bicyclic) bond motifs is 1. The second kappa shape index (κ2) is 24.5. The van der Waals surface area contributed by atoms with Crippen LogP contribution < -0.4 is 5.01 Å². The van der Waals surface area contributed by atoms with E-state index in [4.69, 9.17) is 14.5 Å². The summed E-state index contributed by atoms with van der Waals surface area (Å²) in [6.45, 7) is 4.59. The van der Waals surface area contributed by atoms with Crippen LogP contribution in [-0.4, -0.2) is 10.7 Å². The first-order chi connectivity index (χ1) is 28.7. The largest absolute Gasteiger partial charge is 0.436 e. The Labute approximate surface area is 351 Å². The van der Waals surface area contributed by atoms with Gasteiger partial charge in [0.15, 0.2) is 5.58 Å². The molecule has 1 aromatic heterocycles. The molecule has 6 rings (SSSR count). The molecule has 1 aliphatic heterocycles. The number of hydrogen-bond acceptors (Lipinski definition) is 4. The minimum atomic E-state index is 0.129. The first-order valence-electron chi connectivity index (χ1n) is 23.4. The molecule has 1 atom stereocenters. The molecule has 0 saturated heterocycles. The number of para-hydroxylation sites is 2. The predicted octanol–water partition coefficient (Wildman–Crippen LogP) is 16.4. The maximum Gasteiger partial charge on any atom is 0.227 e. The Morgan fingerprint density at radius 2 is 1.07 bits per heavy atom. The Balaban J connectivity index is 1.04. The molecule has 0 fully saturated rings. The average molecular weight is 778 g/mol. The molecule has 1 aliphatic rings. The molecule has 0 spiro atoms. The molecule has 4 aromatic carbocycles. The summed E-state index contributed by atoms with van der Waals surface area (Å²) in [6.07, 6.45) is 35.2. The van der Waals surface area contributed by atoms with Crippen LogP contribution in [-0.2, 0) is 12.8 Å². The Morgan fingerprint density at radius 3 is 1.62 bits per heavy atom. The van der Waals surface area contributed by atoms with E-state index in [9.17, 15) is 0 Å². The first-order valence-corrected chi connectivity index (χ1v) is 23.4. The van der Waals surface area contributed by atoms with Crippen molar-refractivity contribution in [3.63, 3.8) is 0 Å². The minimum Gasteiger partial charge on any atom is -0.436 e. The van der Waals surface area contributed by atoms with E-state index in [-0.39, 0.29) is 6.04 Å². The van der Waals surface area contributed by atoms with Gasteiger partial charge >= 0.3 is 0 Å². The van der Waals surface area contributed by atoms with Gasteiger partial charge < -0.3 is 4.42 Å². The molecule has 4 heteroatoms. The molecule has 0 aliphatic carbocycles. The van der Waals surface area contributed by atoms with Gasteiger partial charge in [0.1, 0.15) is 5.52 Å². The topological polar surface area (TPSA) is 41.6 Å². The van der Waals surface area contributed by atoms with Gasteiger partial charge in [0, 0.05) is 12.0 Å². The quantitative estimate of drug-likeness (QED) is 0.0499. The lowest BCUT2D eigenvalue weighted by Crippen LogP contribution is -2.18. The van der Waals surface area contributed by atoms with Crippen molar-refractivity contribution < 1.29 is 4.42 Å². The lowest BCUT2D eigenvalue weighted by atomic mass is 9.97. The number of hydrazone groups is 1. The summed E-state index contributed by atoms with van der Waals surface area (Å²) in [6, 6.07) is 35.1. The second-order valence-corrected chi connectivity index (χ2v) is 16.9. The number of nitrogens with zero attached hydrogens (tertiary/aromatic N) is 3. The fraction of sp³-hybridized carbons (Fsp3) is 0.481. The summed E-state index contributed by atoms with van der Waals surface area (Å²) >= 11 is 0. The Kier molecular flexibility index (Phi) is 18.2. The zero-order valence-electron chi connectivity index (χ0n) is 36.0. The standard InChI is InChI=1S/C54H71N3O/c1-3-5-7-9-11-13-15-17-19-21-25-44-29-31-46(32-30-44)35-40-49-43-52(47-36-33-45(34-37-47)26-22-20-18-16-14-12-10-8-6-4-2)57(56-49)50-41-38-48(39-42-50)54-55-51-27-23-24-28-53(51)58-54/h23-24,27-42,52H,3-22,25-26,43H2,1-2H3. The third kappa shape index (κ3) is 13.8. The molecule has 5 aromatic rings. The Morgan fingerprint density at radius 1 is 0.552 bits per heavy atom. The molecule has 0 saturated carbocycles. The zero-order valence-corrected chi connectivity index (χ0v) is 36.0. The zero-order chi connectivity index (χ0) is 40.0. The van der Waals surface area contributed by atoms with Crippen LogP contribution in [0.4, 0.5) is 5.69 Å². The number of benzene rings is 4. The fourth-order valence-electron chi connectivity index (χ4n) is 8.41. The van der Waals surface area contributed by atoms with Crippen molar-refractivity contribution in [3.05, 3.63) is 125 Å². The van der Waals surface area contributed by atoms with Gasteiger partial charge in [-0.2, -0.15) is 5.10 Å². The van der Waals surface area contributed by atoms with Crippen LogP contribution in [0.3, 0.4) is 0 Å². The fourth-order valence-corrected chi connectivity index (χ4v) is 8.41. The summed E-state index contributed by atoms with van der Waals surface area (Å²) in [5.74, 6) is 0.644. The van der Waals surface area contributed by atoms with Gasteiger partial charge in [-0.3, -0.25) is 5.01 Å². The maximum atomic E-state index is 6.08. The van der Waals surface area contributed by atoms with Gasteiger partial charge in [0.05, 0.1) is 17.4 Å². The summed E-state index contributed by atoms with van der Waals surface area (Å²) < 4.78 is 6.08. The van der Waals surface area contributed by atoms with E-state index in [1.165, 1.54) is 157 Å². The Hall–Kier alpha value is -4.44. The van der Waals surface area contributed by atoms with Crippen LogP contribution in [0.5, 0.6) is 0 Å². The number of anilines is 1. The molecule has 0 radical (unpaired) electrons. The molecule has 0 amide bonds. The van der Waals surface area contributed by atoms with Crippen molar-refractivity contribution in [2.75, 3.05) is 5.01 Å². The number of aryl methyl sites for hydroxylation is 2. The van der Waals surface area contributed by atoms with Gasteiger partial charge in [0.25, 0.3) is 0 Å². The molecule has 308 valence electrons. The van der Waals surface area contributed by atoms with E-state index < -0.39 is 0 Å². The maximum absolute atomic E-state index is 6.08. The number of aromatic nitrogens is 1. The van der Waals surface area contributed by atoms with Crippen molar-refractivity contribution in [1.82, 2.24) is 4.98 Å². The third-order valence-corrected chi connectivity index (χ3v) is 12.1. The lowest BCUT2D eigenvalue weighted by Gasteiger charge is -2.24. The summed E-state index contributed by atoms with van der Waals surface area (Å²) in [7, 11) is 0. The van der Waals surface area contributed by atoms with Crippen LogP contribution in [0, 0.1) is 0 Å². The van der Waals surface area contributed by atoms with Gasteiger partial charge in [-0.15, -0.1) is 0 Å². The number of rotatable bonds is 27. The van der Waals surface area contributed by atoms with E-state index >= 15 is 0 Å². The molecule has 4 nitrogen and oxygen atoms in total. The third-order valence-electron chi connectivity index (χ3n) is 12.1. The van der Waals surface area contributed by atoms with E-state index in [2.05, 4.69) is 104 Å². The second-order valence-electron chi connectivity index (χ2n) is 16.9. The lowest BCUT2D eigenvalue weighted by molar-refractivity contribution is 0.556. The molecule has 1 unspecified atom stereocenters. The molecular formula is C54H71N3O. The predicted molar refractivity (Wildman–Crippen MR) is 250 cm³/mol. The molecule has 58 heavy (non-hydrogen) atoms. The van der Waals surface area contributed by atoms with Crippen LogP contribution in [0.25, 0.3) is 28.6 Å². The van der Waals surface area contributed by atoms with Crippen LogP contribution in [0.15, 0.2) is 113 Å². The van der Waals surface area contributed by atoms with Gasteiger partial charge in [-0.25, -0.2) is 4.98 Å². The summed E-state index contributed by atoms with van der Waals surface area (Å²) in [4.78, 5) is 4.72. The van der Waals surface area contributed by atoms with Crippen molar-refractivity contribution in [1.29, 1.82) is 0 Å². The highest BCUT2D eigenvalue weighted by Gasteiger charge is 2.28. The first kappa shape index (κ1) is 43.1. The highest BCUT2D eigenvalue weighted by molar-refractivity contribution is 6.01. The van der Waals surface area contributed by atoms with Crippen LogP contribution in [0.1, 0.15) is 177 Å². The van der Waals surface area contributed by atoms with E-state index in [0.717, 1.165) is 40.9 Å². The van der Waals surface area contributed by atoms with Crippen molar-refractivity contribution in [2.45, 2.75) is 168 Å². The number of oxazole rings is 1. The highest BCUT2D eigenvalue weighted by Crippen LogP contribution is 2.37. The number of unbranched alkanes of at least 4 members (excludes halogenated alkanes) is 18. The van der Waals surface area contributed by atoms with Crippen molar-refractivity contribution >= 4 is 28.6 Å². The molecule has 0 N–H and O–H groups in total. The monoisotopic (exact) mass is 778 g/mol. The van der Waals surface area contributed by atoms with Crippen molar-refractivity contribution in [3.8, 4) is 11.5 Å². The smallest absolute Gasteiger partial charge is 0.227 e.